The lowest BCUT2D eigenvalue weighted by Gasteiger charge is -2.23. The van der Waals surface area contributed by atoms with Crippen molar-refractivity contribution in [2.24, 2.45) is 7.05 Å². The van der Waals surface area contributed by atoms with Gasteiger partial charge < -0.3 is 14.8 Å². The van der Waals surface area contributed by atoms with Gasteiger partial charge in [-0.3, -0.25) is 4.98 Å². The second-order valence-electron chi connectivity index (χ2n) is 7.69. The lowest BCUT2D eigenvalue weighted by Crippen LogP contribution is -2.19. The number of rotatable bonds is 7. The first-order chi connectivity index (χ1) is 14.5. The summed E-state index contributed by atoms with van der Waals surface area (Å²) >= 11 is 0. The molecule has 0 aromatic carbocycles. The van der Waals surface area contributed by atoms with Gasteiger partial charge in [0, 0.05) is 25.6 Å². The lowest BCUT2D eigenvalue weighted by molar-refractivity contribution is -0.0368. The number of hydrogen-bond acceptors (Lipinski definition) is 6. The zero-order valence-electron chi connectivity index (χ0n) is 18.2. The van der Waals surface area contributed by atoms with Crippen LogP contribution >= 0.6 is 0 Å². The minimum absolute atomic E-state index is 0.0538. The van der Waals surface area contributed by atoms with E-state index in [0.29, 0.717) is 6.61 Å². The van der Waals surface area contributed by atoms with Crippen molar-refractivity contribution >= 4 is 17.0 Å². The predicted molar refractivity (Wildman–Crippen MR) is 118 cm³/mol. The van der Waals surface area contributed by atoms with Crippen molar-refractivity contribution in [2.45, 2.75) is 39.3 Å². The summed E-state index contributed by atoms with van der Waals surface area (Å²) in [5.74, 6) is 0.720. The maximum atomic E-state index is 6.03. The molecule has 0 bridgehead atoms. The maximum Gasteiger partial charge on any atom is 0.221 e. The molecule has 1 saturated heterocycles. The Bertz CT molecular complexity index is 1060. The Labute approximate surface area is 176 Å². The van der Waals surface area contributed by atoms with E-state index >= 15 is 0 Å². The highest BCUT2D eigenvalue weighted by atomic mass is 16.5. The van der Waals surface area contributed by atoms with Gasteiger partial charge in [-0.15, -0.1) is 0 Å². The minimum Gasteiger partial charge on any atom is -0.476 e. The van der Waals surface area contributed by atoms with Gasteiger partial charge in [-0.25, -0.2) is 9.36 Å². The Morgan fingerprint density at radius 3 is 2.83 bits per heavy atom. The van der Waals surface area contributed by atoms with Crippen molar-refractivity contribution in [3.8, 4) is 17.1 Å². The molecule has 3 aromatic rings. The summed E-state index contributed by atoms with van der Waals surface area (Å²) in [6.45, 7) is 10.1. The highest BCUT2D eigenvalue weighted by Gasteiger charge is 2.25. The molecule has 0 amide bonds. The number of hydrogen-bond donors (Lipinski definition) is 1. The van der Waals surface area contributed by atoms with Crippen molar-refractivity contribution in [3.05, 3.63) is 29.7 Å². The predicted octanol–water partition coefficient (Wildman–Crippen LogP) is 3.39. The third kappa shape index (κ3) is 3.61. The zero-order valence-corrected chi connectivity index (χ0v) is 18.2. The average Bonchev–Trinajstić information content (AvgIpc) is 3.26. The van der Waals surface area contributed by atoms with Gasteiger partial charge in [0.2, 0.25) is 5.88 Å². The number of aryl methyl sites for hydroxylation is 3. The second kappa shape index (κ2) is 8.57. The van der Waals surface area contributed by atoms with Crippen LogP contribution in [0.25, 0.3) is 28.2 Å². The van der Waals surface area contributed by atoms with Crippen LogP contribution in [0.3, 0.4) is 0 Å². The number of aromatic nitrogens is 5. The van der Waals surface area contributed by atoms with Gasteiger partial charge in [0.25, 0.3) is 0 Å². The molecule has 1 atom stereocenters. The number of fused-ring (bicyclic) bond motifs is 1. The Hall–Kier alpha value is -2.71. The van der Waals surface area contributed by atoms with Crippen LogP contribution in [0.2, 0.25) is 0 Å². The molecule has 0 aliphatic carbocycles. The summed E-state index contributed by atoms with van der Waals surface area (Å²) in [7, 11) is 3.80. The van der Waals surface area contributed by atoms with Crippen LogP contribution in [0, 0.1) is 13.8 Å². The Morgan fingerprint density at radius 2 is 2.13 bits per heavy atom. The van der Waals surface area contributed by atoms with Crippen LogP contribution in [-0.2, 0) is 11.8 Å². The van der Waals surface area contributed by atoms with E-state index in [9.17, 15) is 0 Å². The van der Waals surface area contributed by atoms with Gasteiger partial charge in [0.15, 0.2) is 6.23 Å². The highest BCUT2D eigenvalue weighted by Crippen LogP contribution is 2.36. The number of pyridine rings is 1. The van der Waals surface area contributed by atoms with Crippen molar-refractivity contribution in [2.75, 3.05) is 26.8 Å². The van der Waals surface area contributed by atoms with Gasteiger partial charge in [-0.2, -0.15) is 10.2 Å². The fraction of sp³-hybridized carbons (Fsp3) is 0.500. The van der Waals surface area contributed by atoms with E-state index in [4.69, 9.17) is 19.6 Å². The van der Waals surface area contributed by atoms with Crippen LogP contribution in [-0.4, -0.2) is 51.4 Å². The molecule has 1 N–H and O–H groups in total. The van der Waals surface area contributed by atoms with E-state index < -0.39 is 0 Å². The maximum absolute atomic E-state index is 6.03. The van der Waals surface area contributed by atoms with Crippen molar-refractivity contribution < 1.29 is 9.47 Å². The fourth-order valence-electron chi connectivity index (χ4n) is 4.12. The molecular weight excluding hydrogens is 380 g/mol. The van der Waals surface area contributed by atoms with Crippen molar-refractivity contribution in [3.63, 3.8) is 0 Å². The normalized spacial score (nSPS) is 16.9. The molecule has 1 unspecified atom stereocenters. The van der Waals surface area contributed by atoms with Crippen LogP contribution in [0.15, 0.2) is 12.6 Å². The molecule has 1 fully saturated rings. The first kappa shape index (κ1) is 20.6. The van der Waals surface area contributed by atoms with E-state index in [2.05, 4.69) is 23.1 Å². The molecule has 30 heavy (non-hydrogen) atoms. The SMILES string of the molecule is C=Cc1nn(C2CCCCO2)c2c(C)nc(-c3c(C)nn(C)c3OCCNC)cc12. The van der Waals surface area contributed by atoms with E-state index in [0.717, 1.165) is 77.5 Å². The minimum atomic E-state index is -0.0538. The zero-order chi connectivity index (χ0) is 21.3. The van der Waals surface area contributed by atoms with Crippen molar-refractivity contribution in [1.29, 1.82) is 0 Å². The molecule has 1 aliphatic rings. The van der Waals surface area contributed by atoms with Gasteiger partial charge in [-0.05, 0) is 52.3 Å². The summed E-state index contributed by atoms with van der Waals surface area (Å²) in [6.07, 6.45) is 4.94. The Morgan fingerprint density at radius 1 is 1.30 bits per heavy atom. The molecule has 0 saturated carbocycles. The summed E-state index contributed by atoms with van der Waals surface area (Å²) in [6, 6.07) is 2.07. The van der Waals surface area contributed by atoms with Crippen LogP contribution in [0.4, 0.5) is 0 Å². The first-order valence-corrected chi connectivity index (χ1v) is 10.5. The molecular formula is C22H30N6O2. The lowest BCUT2D eigenvalue weighted by atomic mass is 10.1. The van der Waals surface area contributed by atoms with Gasteiger partial charge in [-0.1, -0.05) is 6.58 Å². The largest absolute Gasteiger partial charge is 0.476 e. The van der Waals surface area contributed by atoms with Crippen LogP contribution in [0.1, 0.15) is 42.6 Å². The summed E-state index contributed by atoms with van der Waals surface area (Å²) in [5.41, 5.74) is 5.37. The molecule has 4 rings (SSSR count). The van der Waals surface area contributed by atoms with E-state index in [1.807, 2.05) is 32.6 Å². The quantitative estimate of drug-likeness (QED) is 0.602. The molecule has 8 nitrogen and oxygen atoms in total. The molecule has 160 valence electrons. The summed E-state index contributed by atoms with van der Waals surface area (Å²) < 4.78 is 15.8. The van der Waals surface area contributed by atoms with Gasteiger partial charge >= 0.3 is 0 Å². The van der Waals surface area contributed by atoms with Gasteiger partial charge in [0.05, 0.1) is 33.9 Å². The third-order valence-electron chi connectivity index (χ3n) is 5.53. The van der Waals surface area contributed by atoms with Gasteiger partial charge in [0.1, 0.15) is 6.61 Å². The smallest absolute Gasteiger partial charge is 0.221 e. The number of ether oxygens (including phenoxy) is 2. The highest BCUT2D eigenvalue weighted by molar-refractivity contribution is 5.92. The van der Waals surface area contributed by atoms with E-state index in [1.165, 1.54) is 0 Å². The van der Waals surface area contributed by atoms with Crippen LogP contribution < -0.4 is 10.1 Å². The van der Waals surface area contributed by atoms with E-state index in [-0.39, 0.29) is 6.23 Å². The molecule has 3 aromatic heterocycles. The molecule has 0 spiro atoms. The fourth-order valence-corrected chi connectivity index (χ4v) is 4.12. The Balaban J connectivity index is 1.84. The number of nitrogens with one attached hydrogen (secondary N) is 1. The topological polar surface area (TPSA) is 79.0 Å². The third-order valence-corrected chi connectivity index (χ3v) is 5.53. The van der Waals surface area contributed by atoms with Crippen LogP contribution in [0.5, 0.6) is 5.88 Å². The van der Waals surface area contributed by atoms with E-state index in [1.54, 1.807) is 10.8 Å². The van der Waals surface area contributed by atoms with Crippen molar-refractivity contribution in [1.82, 2.24) is 29.9 Å². The molecule has 4 heterocycles. The Kier molecular flexibility index (Phi) is 5.87. The summed E-state index contributed by atoms with van der Waals surface area (Å²) in [5, 5.41) is 13.5. The molecule has 0 radical (unpaired) electrons. The molecule has 1 aliphatic heterocycles. The average molecular weight is 411 g/mol. The molecule has 8 heteroatoms. The monoisotopic (exact) mass is 410 g/mol. The first-order valence-electron chi connectivity index (χ1n) is 10.5. The second-order valence-corrected chi connectivity index (χ2v) is 7.69. The number of likely N-dealkylation sites (N-methyl/N-ethyl adjacent to an activating group) is 1. The standard InChI is InChI=1S/C22H30N6O2/c1-6-17-16-13-18(20-14(2)25-27(5)22(20)30-12-10-23-4)24-15(3)21(16)28(26-17)19-9-7-8-11-29-19/h6,13,19,23H,1,7-12H2,2-5H3. The summed E-state index contributed by atoms with van der Waals surface area (Å²) in [4.78, 5) is 4.94. The number of nitrogens with zero attached hydrogens (tertiary/aromatic N) is 5.